The first-order valence-electron chi connectivity index (χ1n) is 4.35. The molecule has 3 N–H and O–H groups in total. The summed E-state index contributed by atoms with van der Waals surface area (Å²) in [6, 6.07) is 5.71. The number of nitrogens with zero attached hydrogens (tertiary/aromatic N) is 1. The van der Waals surface area contributed by atoms with Crippen molar-refractivity contribution in [2.45, 2.75) is 6.42 Å². The van der Waals surface area contributed by atoms with Gasteiger partial charge in [-0.25, -0.2) is 4.39 Å². The molecule has 0 heterocycles. The second-order valence-electron chi connectivity index (χ2n) is 2.90. The smallest absolute Gasteiger partial charge is 0.254 e. The molecule has 0 unspecified atom stereocenters. The Labute approximate surface area is 86.5 Å². The average molecular weight is 207 g/mol. The molecule has 0 bridgehead atoms. The summed E-state index contributed by atoms with van der Waals surface area (Å²) in [5, 5.41) is 10.7. The maximum Gasteiger partial charge on any atom is 0.254 e. The molecule has 1 aromatic rings. The van der Waals surface area contributed by atoms with Crippen molar-refractivity contribution in [2.75, 3.05) is 12.3 Å². The van der Waals surface area contributed by atoms with Gasteiger partial charge in [-0.1, -0.05) is 0 Å². The Morgan fingerprint density at radius 2 is 2.33 bits per heavy atom. The van der Waals surface area contributed by atoms with E-state index in [0.717, 1.165) is 6.07 Å². The number of hydrogen-bond donors (Lipinski definition) is 2. The molecule has 0 aromatic heterocycles. The summed E-state index contributed by atoms with van der Waals surface area (Å²) in [5.74, 6) is -1.20. The van der Waals surface area contributed by atoms with E-state index in [0.29, 0.717) is 0 Å². The van der Waals surface area contributed by atoms with Crippen LogP contribution in [0, 0.1) is 17.1 Å². The lowest BCUT2D eigenvalue weighted by molar-refractivity contribution is 0.0950. The molecule has 1 rings (SSSR count). The molecule has 1 aromatic carbocycles. The number of carbonyl (C=O) groups is 1. The van der Waals surface area contributed by atoms with Gasteiger partial charge in [-0.15, -0.1) is 0 Å². The number of nitrogen functional groups attached to an aromatic ring is 1. The SMILES string of the molecule is N#CCCNC(=O)c1ccc(N)cc1F. The normalized spacial score (nSPS) is 9.33. The molecular weight excluding hydrogens is 197 g/mol. The fourth-order valence-corrected chi connectivity index (χ4v) is 1.04. The van der Waals surface area contributed by atoms with Gasteiger partial charge in [-0.2, -0.15) is 5.26 Å². The van der Waals surface area contributed by atoms with Crippen LogP contribution in [0.3, 0.4) is 0 Å². The van der Waals surface area contributed by atoms with Crippen molar-refractivity contribution in [1.29, 1.82) is 5.26 Å². The van der Waals surface area contributed by atoms with E-state index in [1.807, 2.05) is 6.07 Å². The molecule has 0 fully saturated rings. The van der Waals surface area contributed by atoms with Crippen LogP contribution in [0.25, 0.3) is 0 Å². The Morgan fingerprint density at radius 1 is 1.60 bits per heavy atom. The quantitative estimate of drug-likeness (QED) is 0.574. The summed E-state index contributed by atoms with van der Waals surface area (Å²) in [6.45, 7) is 0.207. The van der Waals surface area contributed by atoms with Gasteiger partial charge in [0.25, 0.3) is 5.91 Å². The van der Waals surface area contributed by atoms with Crippen LogP contribution in [-0.2, 0) is 0 Å². The molecule has 1 amide bonds. The molecule has 4 nitrogen and oxygen atoms in total. The molecule has 5 heteroatoms. The highest BCUT2D eigenvalue weighted by atomic mass is 19.1. The molecule has 0 atom stereocenters. The average Bonchev–Trinajstić information content (AvgIpc) is 2.17. The van der Waals surface area contributed by atoms with E-state index < -0.39 is 11.7 Å². The van der Waals surface area contributed by atoms with E-state index in [-0.39, 0.29) is 24.2 Å². The largest absolute Gasteiger partial charge is 0.399 e. The number of hydrogen-bond acceptors (Lipinski definition) is 3. The van der Waals surface area contributed by atoms with Gasteiger partial charge < -0.3 is 11.1 Å². The molecule has 0 aliphatic rings. The number of nitrogens with one attached hydrogen (secondary N) is 1. The van der Waals surface area contributed by atoms with Crippen LogP contribution in [0.2, 0.25) is 0 Å². The fraction of sp³-hybridized carbons (Fsp3) is 0.200. The van der Waals surface area contributed by atoms with Crippen molar-refractivity contribution in [3.63, 3.8) is 0 Å². The predicted molar refractivity (Wildman–Crippen MR) is 53.4 cm³/mol. The minimum Gasteiger partial charge on any atom is -0.399 e. The number of halogens is 1. The third-order valence-corrected chi connectivity index (χ3v) is 1.76. The first kappa shape index (κ1) is 11.0. The van der Waals surface area contributed by atoms with Crippen LogP contribution in [-0.4, -0.2) is 12.5 Å². The fourth-order valence-electron chi connectivity index (χ4n) is 1.04. The van der Waals surface area contributed by atoms with E-state index in [4.69, 9.17) is 11.0 Å². The van der Waals surface area contributed by atoms with Crippen molar-refractivity contribution in [2.24, 2.45) is 0 Å². The molecule has 0 radical (unpaired) electrons. The molecule has 0 aliphatic heterocycles. The highest BCUT2D eigenvalue weighted by Crippen LogP contribution is 2.11. The van der Waals surface area contributed by atoms with Gasteiger partial charge in [0.05, 0.1) is 18.1 Å². The Kier molecular flexibility index (Phi) is 3.63. The van der Waals surface area contributed by atoms with Gasteiger partial charge in [0.2, 0.25) is 0 Å². The molecule has 15 heavy (non-hydrogen) atoms. The van der Waals surface area contributed by atoms with Crippen molar-refractivity contribution in [3.05, 3.63) is 29.6 Å². The van der Waals surface area contributed by atoms with E-state index in [2.05, 4.69) is 5.32 Å². The van der Waals surface area contributed by atoms with Gasteiger partial charge in [-0.05, 0) is 18.2 Å². The number of nitriles is 1. The zero-order chi connectivity index (χ0) is 11.3. The van der Waals surface area contributed by atoms with Gasteiger partial charge in [0.1, 0.15) is 5.82 Å². The van der Waals surface area contributed by atoms with Crippen LogP contribution in [0.4, 0.5) is 10.1 Å². The molecular formula is C10H10FN3O. The molecule has 0 aliphatic carbocycles. The standard InChI is InChI=1S/C10H10FN3O/c11-9-6-7(13)2-3-8(9)10(15)14-5-1-4-12/h2-3,6H,1,5,13H2,(H,14,15). The Hall–Kier alpha value is -2.09. The van der Waals surface area contributed by atoms with E-state index >= 15 is 0 Å². The van der Waals surface area contributed by atoms with E-state index in [9.17, 15) is 9.18 Å². The molecule has 78 valence electrons. The Balaban J connectivity index is 2.70. The lowest BCUT2D eigenvalue weighted by Gasteiger charge is -2.04. The lowest BCUT2D eigenvalue weighted by Crippen LogP contribution is -2.25. The lowest BCUT2D eigenvalue weighted by atomic mass is 10.2. The van der Waals surface area contributed by atoms with E-state index in [1.54, 1.807) is 0 Å². The van der Waals surface area contributed by atoms with E-state index in [1.165, 1.54) is 12.1 Å². The Morgan fingerprint density at radius 3 is 2.93 bits per heavy atom. The van der Waals surface area contributed by atoms with Gasteiger partial charge >= 0.3 is 0 Å². The second-order valence-corrected chi connectivity index (χ2v) is 2.90. The monoisotopic (exact) mass is 207 g/mol. The van der Waals surface area contributed by atoms with Crippen molar-refractivity contribution < 1.29 is 9.18 Å². The van der Waals surface area contributed by atoms with Crippen LogP contribution in [0.5, 0.6) is 0 Å². The highest BCUT2D eigenvalue weighted by molar-refractivity contribution is 5.94. The first-order chi connectivity index (χ1) is 7.15. The summed E-state index contributed by atoms with van der Waals surface area (Å²) >= 11 is 0. The number of anilines is 1. The molecule has 0 spiro atoms. The maximum absolute atomic E-state index is 13.2. The summed E-state index contributed by atoms with van der Waals surface area (Å²) in [5.41, 5.74) is 5.53. The second kappa shape index (κ2) is 4.96. The van der Waals surface area contributed by atoms with Gasteiger partial charge in [0.15, 0.2) is 0 Å². The van der Waals surface area contributed by atoms with Crippen molar-refractivity contribution in [1.82, 2.24) is 5.32 Å². The third-order valence-electron chi connectivity index (χ3n) is 1.76. The topological polar surface area (TPSA) is 78.9 Å². The number of amides is 1. The van der Waals surface area contributed by atoms with Crippen LogP contribution >= 0.6 is 0 Å². The molecule has 0 saturated carbocycles. The summed E-state index contributed by atoms with van der Waals surface area (Å²) < 4.78 is 13.2. The minimum atomic E-state index is -0.663. The number of nitrogens with two attached hydrogens (primary N) is 1. The van der Waals surface area contributed by atoms with Gasteiger partial charge in [-0.3, -0.25) is 4.79 Å². The third kappa shape index (κ3) is 2.95. The van der Waals surface area contributed by atoms with Gasteiger partial charge in [0, 0.05) is 12.2 Å². The summed E-state index contributed by atoms with van der Waals surface area (Å²) in [7, 11) is 0. The number of carbonyl (C=O) groups excluding carboxylic acids is 1. The first-order valence-corrected chi connectivity index (χ1v) is 4.35. The van der Waals surface area contributed by atoms with Crippen molar-refractivity contribution >= 4 is 11.6 Å². The number of rotatable bonds is 3. The Bertz CT molecular complexity index is 412. The summed E-state index contributed by atoms with van der Waals surface area (Å²) in [6.07, 6.45) is 0.197. The number of benzene rings is 1. The minimum absolute atomic E-state index is 0.0675. The van der Waals surface area contributed by atoms with Crippen LogP contribution in [0.1, 0.15) is 16.8 Å². The maximum atomic E-state index is 13.2. The predicted octanol–water partition coefficient (Wildman–Crippen LogP) is 1.05. The summed E-state index contributed by atoms with van der Waals surface area (Å²) in [4.78, 5) is 11.4. The van der Waals surface area contributed by atoms with Crippen molar-refractivity contribution in [3.8, 4) is 6.07 Å². The zero-order valence-corrected chi connectivity index (χ0v) is 7.96. The zero-order valence-electron chi connectivity index (χ0n) is 7.96. The highest BCUT2D eigenvalue weighted by Gasteiger charge is 2.10. The van der Waals surface area contributed by atoms with Crippen LogP contribution < -0.4 is 11.1 Å². The van der Waals surface area contributed by atoms with Crippen LogP contribution in [0.15, 0.2) is 18.2 Å². The molecule has 0 saturated heterocycles.